The van der Waals surface area contributed by atoms with Gasteiger partial charge in [0.1, 0.15) is 5.82 Å². The van der Waals surface area contributed by atoms with E-state index in [4.69, 9.17) is 39.5 Å². The quantitative estimate of drug-likeness (QED) is 0.219. The van der Waals surface area contributed by atoms with Crippen molar-refractivity contribution < 1.29 is 27.1 Å². The van der Waals surface area contributed by atoms with Gasteiger partial charge in [-0.25, -0.2) is 9.18 Å². The summed E-state index contributed by atoms with van der Waals surface area (Å²) in [6.45, 7) is 1.02. The van der Waals surface area contributed by atoms with E-state index in [0.29, 0.717) is 41.0 Å². The number of hydrogen-bond acceptors (Lipinski definition) is 3. The Labute approximate surface area is 210 Å². The Balaban J connectivity index is 1.82. The summed E-state index contributed by atoms with van der Waals surface area (Å²) in [6.07, 6.45) is -4.71. The number of rotatable bonds is 7. The molecule has 2 atom stereocenters. The summed E-state index contributed by atoms with van der Waals surface area (Å²) in [5.41, 5.74) is -0.0794. The van der Waals surface area contributed by atoms with Gasteiger partial charge in [0.25, 0.3) is 0 Å². The molecule has 0 bridgehead atoms. The fourth-order valence-electron chi connectivity index (χ4n) is 4.05. The van der Waals surface area contributed by atoms with E-state index in [2.05, 4.69) is 0 Å². The van der Waals surface area contributed by atoms with E-state index < -0.39 is 23.7 Å². The van der Waals surface area contributed by atoms with E-state index in [0.717, 1.165) is 17.7 Å². The number of nitrogens with zero attached hydrogens (tertiary/aromatic N) is 2. The van der Waals surface area contributed by atoms with Crippen LogP contribution in [0.1, 0.15) is 29.0 Å². The second kappa shape index (κ2) is 11.3. The van der Waals surface area contributed by atoms with Gasteiger partial charge >= 0.3 is 12.3 Å². The molecule has 1 aliphatic heterocycles. The highest BCUT2D eigenvalue weighted by Crippen LogP contribution is 2.36. The van der Waals surface area contributed by atoms with Gasteiger partial charge in [-0.1, -0.05) is 35.3 Å². The van der Waals surface area contributed by atoms with Crippen LogP contribution in [0.3, 0.4) is 0 Å². The van der Waals surface area contributed by atoms with Crippen molar-refractivity contribution in [3.63, 3.8) is 0 Å². The number of carbonyl (C=O) groups is 1. The SMILES string of the molecule is CN(Cc1ccc(C(F)(F)F)c(F)c1)[C@H]1CN(C(=O)OCCCCl)C[C@@H]1c1ccc(Cl)c(Cl)c1. The number of likely N-dealkylation sites (tertiary alicyclic amines) is 1. The van der Waals surface area contributed by atoms with E-state index in [1.807, 2.05) is 11.0 Å². The van der Waals surface area contributed by atoms with Crippen molar-refractivity contribution in [3.8, 4) is 0 Å². The molecule has 2 aromatic rings. The Morgan fingerprint density at radius 2 is 1.88 bits per heavy atom. The minimum Gasteiger partial charge on any atom is -0.449 e. The van der Waals surface area contributed by atoms with Crippen LogP contribution >= 0.6 is 34.8 Å². The van der Waals surface area contributed by atoms with Crippen molar-refractivity contribution in [2.75, 3.05) is 32.6 Å². The van der Waals surface area contributed by atoms with E-state index in [1.54, 1.807) is 24.1 Å². The van der Waals surface area contributed by atoms with Crippen molar-refractivity contribution in [2.45, 2.75) is 31.1 Å². The molecule has 2 aromatic carbocycles. The van der Waals surface area contributed by atoms with Gasteiger partial charge in [-0.3, -0.25) is 4.90 Å². The van der Waals surface area contributed by atoms with Crippen LogP contribution in [0.2, 0.25) is 10.0 Å². The van der Waals surface area contributed by atoms with Gasteiger partial charge in [-0.15, -0.1) is 11.6 Å². The Hall–Kier alpha value is -1.74. The van der Waals surface area contributed by atoms with Gasteiger partial charge in [0, 0.05) is 37.5 Å². The fourth-order valence-corrected chi connectivity index (χ4v) is 4.47. The Bertz CT molecular complexity index is 1020. The second-order valence-corrected chi connectivity index (χ2v) is 9.33. The number of ether oxygens (including phenoxy) is 1. The van der Waals surface area contributed by atoms with Gasteiger partial charge in [0.15, 0.2) is 0 Å². The lowest BCUT2D eigenvalue weighted by molar-refractivity contribution is -0.140. The third-order valence-corrected chi connectivity index (χ3v) is 6.77. The molecular formula is C23H23Cl3F4N2O2. The maximum Gasteiger partial charge on any atom is 0.419 e. The van der Waals surface area contributed by atoms with E-state index >= 15 is 0 Å². The Morgan fingerprint density at radius 3 is 2.50 bits per heavy atom. The summed E-state index contributed by atoms with van der Waals surface area (Å²) in [4.78, 5) is 16.0. The molecule has 0 aliphatic carbocycles. The van der Waals surface area contributed by atoms with Crippen LogP contribution in [0, 0.1) is 5.82 Å². The van der Waals surface area contributed by atoms with Crippen LogP contribution in [0.25, 0.3) is 0 Å². The first-order valence-electron chi connectivity index (χ1n) is 10.5. The highest BCUT2D eigenvalue weighted by atomic mass is 35.5. The average molecular weight is 542 g/mol. The number of hydrogen-bond donors (Lipinski definition) is 0. The summed E-state index contributed by atoms with van der Waals surface area (Å²) in [5.74, 6) is -1.14. The normalized spacial score (nSPS) is 18.6. The zero-order valence-corrected chi connectivity index (χ0v) is 20.5. The van der Waals surface area contributed by atoms with Crippen molar-refractivity contribution >= 4 is 40.9 Å². The third kappa shape index (κ3) is 6.47. The van der Waals surface area contributed by atoms with Crippen LogP contribution in [-0.4, -0.2) is 54.6 Å². The molecule has 1 heterocycles. The van der Waals surface area contributed by atoms with Gasteiger partial charge in [-0.05, 0) is 48.9 Å². The van der Waals surface area contributed by atoms with Gasteiger partial charge in [-0.2, -0.15) is 13.2 Å². The van der Waals surface area contributed by atoms with Crippen molar-refractivity contribution in [1.82, 2.24) is 9.80 Å². The van der Waals surface area contributed by atoms with Crippen LogP contribution < -0.4 is 0 Å². The molecule has 11 heteroatoms. The lowest BCUT2D eigenvalue weighted by Gasteiger charge is -2.29. The number of halogens is 7. The molecule has 1 saturated heterocycles. The molecule has 1 aliphatic rings. The number of alkyl halides is 4. The molecule has 0 N–H and O–H groups in total. The zero-order valence-electron chi connectivity index (χ0n) is 18.2. The molecule has 34 heavy (non-hydrogen) atoms. The molecule has 1 fully saturated rings. The summed E-state index contributed by atoms with van der Waals surface area (Å²) >= 11 is 17.9. The maximum atomic E-state index is 14.1. The predicted octanol–water partition coefficient (Wildman–Crippen LogP) is 6.82. The Kier molecular flexibility index (Phi) is 8.95. The van der Waals surface area contributed by atoms with Crippen LogP contribution in [0.4, 0.5) is 22.4 Å². The van der Waals surface area contributed by atoms with Crippen molar-refractivity contribution in [3.05, 3.63) is 69.0 Å². The standard InChI is InChI=1S/C23H23Cl3F4N2O2/c1-31(11-14-3-5-17(20(27)9-14)23(28,29)30)21-13-32(22(33)34-8-2-7-24)12-16(21)15-4-6-18(25)19(26)10-15/h3-6,9-10,16,21H,2,7-8,11-13H2,1H3/t16-,21+/m1/s1. The second-order valence-electron chi connectivity index (χ2n) is 8.14. The summed E-state index contributed by atoms with van der Waals surface area (Å²) in [6, 6.07) is 7.87. The highest BCUT2D eigenvalue weighted by Gasteiger charge is 2.39. The summed E-state index contributed by atoms with van der Waals surface area (Å²) < 4.78 is 58.0. The molecular weight excluding hydrogens is 519 g/mol. The molecule has 0 aromatic heterocycles. The fraction of sp³-hybridized carbons (Fsp3) is 0.435. The smallest absolute Gasteiger partial charge is 0.419 e. The van der Waals surface area contributed by atoms with Gasteiger partial charge < -0.3 is 9.64 Å². The first-order valence-corrected chi connectivity index (χ1v) is 11.8. The van der Waals surface area contributed by atoms with Crippen molar-refractivity contribution in [1.29, 1.82) is 0 Å². The molecule has 0 unspecified atom stereocenters. The number of likely N-dealkylation sites (N-methyl/N-ethyl adjacent to an activating group) is 1. The molecule has 0 saturated carbocycles. The van der Waals surface area contributed by atoms with E-state index in [-0.39, 0.29) is 25.1 Å². The molecule has 1 amide bonds. The lowest BCUT2D eigenvalue weighted by atomic mass is 9.93. The monoisotopic (exact) mass is 540 g/mol. The first kappa shape index (κ1) is 26.9. The topological polar surface area (TPSA) is 32.8 Å². The van der Waals surface area contributed by atoms with Crippen molar-refractivity contribution in [2.24, 2.45) is 0 Å². The zero-order chi connectivity index (χ0) is 25.0. The molecule has 186 valence electrons. The molecule has 3 rings (SSSR count). The Morgan fingerprint density at radius 1 is 1.15 bits per heavy atom. The van der Waals surface area contributed by atoms with E-state index in [9.17, 15) is 22.4 Å². The van der Waals surface area contributed by atoms with E-state index in [1.165, 1.54) is 6.07 Å². The predicted molar refractivity (Wildman–Crippen MR) is 124 cm³/mol. The number of benzene rings is 2. The largest absolute Gasteiger partial charge is 0.449 e. The van der Waals surface area contributed by atoms with Crippen LogP contribution in [0.15, 0.2) is 36.4 Å². The molecule has 0 radical (unpaired) electrons. The highest BCUT2D eigenvalue weighted by molar-refractivity contribution is 6.42. The first-order chi connectivity index (χ1) is 16.0. The maximum absolute atomic E-state index is 14.1. The average Bonchev–Trinajstić information content (AvgIpc) is 3.21. The van der Waals surface area contributed by atoms with Crippen LogP contribution in [-0.2, 0) is 17.5 Å². The summed E-state index contributed by atoms with van der Waals surface area (Å²) in [5, 5.41) is 0.763. The third-order valence-electron chi connectivity index (χ3n) is 5.76. The number of amides is 1. The lowest BCUT2D eigenvalue weighted by Crippen LogP contribution is -2.38. The minimum atomic E-state index is -4.76. The molecule has 4 nitrogen and oxygen atoms in total. The molecule has 0 spiro atoms. The minimum absolute atomic E-state index is 0.173. The summed E-state index contributed by atoms with van der Waals surface area (Å²) in [7, 11) is 1.77. The van der Waals surface area contributed by atoms with Crippen LogP contribution in [0.5, 0.6) is 0 Å². The van der Waals surface area contributed by atoms with Gasteiger partial charge in [0.05, 0.1) is 22.2 Å². The van der Waals surface area contributed by atoms with Gasteiger partial charge in [0.2, 0.25) is 0 Å². The number of carbonyl (C=O) groups excluding carboxylic acids is 1.